The van der Waals surface area contributed by atoms with Crippen LogP contribution in [0.5, 0.6) is 0 Å². The van der Waals surface area contributed by atoms with Crippen molar-refractivity contribution >= 4 is 34.5 Å². The van der Waals surface area contributed by atoms with Gasteiger partial charge in [-0.15, -0.1) is 11.8 Å². The highest BCUT2D eigenvalue weighted by molar-refractivity contribution is 7.98. The fourth-order valence-corrected chi connectivity index (χ4v) is 3.52. The molecule has 0 atom stereocenters. The van der Waals surface area contributed by atoms with Crippen LogP contribution in [0.1, 0.15) is 12.0 Å². The molecule has 30 heavy (non-hydrogen) atoms. The molecule has 1 N–H and O–H groups in total. The number of aryl methyl sites for hydroxylation is 2. The first kappa shape index (κ1) is 19.9. The summed E-state index contributed by atoms with van der Waals surface area (Å²) >= 11 is 1.60. The molecule has 2 aromatic carbocycles. The number of hydrogen-bond donors (Lipinski definition) is 1. The van der Waals surface area contributed by atoms with Crippen LogP contribution in [-0.2, 0) is 11.3 Å². The second-order valence-electron chi connectivity index (χ2n) is 6.85. The molecule has 7 nitrogen and oxygen atoms in total. The topological polar surface area (TPSA) is 90.0 Å². The van der Waals surface area contributed by atoms with E-state index in [1.807, 2.05) is 61.7 Å². The lowest BCUT2D eigenvalue weighted by molar-refractivity contribution is -0.116. The molecule has 1 amide bonds. The number of thioether (sulfide) groups is 1. The van der Waals surface area contributed by atoms with Crippen molar-refractivity contribution < 1.29 is 9.32 Å². The molecule has 0 radical (unpaired) electrons. The summed E-state index contributed by atoms with van der Waals surface area (Å²) in [5.74, 6) is -0.182. The minimum atomic E-state index is -0.358. The number of nitrogens with zero attached hydrogens (tertiary/aromatic N) is 3. The van der Waals surface area contributed by atoms with E-state index in [1.165, 1.54) is 10.9 Å². The van der Waals surface area contributed by atoms with Gasteiger partial charge in [0.2, 0.25) is 5.91 Å². The fourth-order valence-electron chi connectivity index (χ4n) is 3.06. The van der Waals surface area contributed by atoms with Crippen molar-refractivity contribution in [3.63, 3.8) is 0 Å². The van der Waals surface area contributed by atoms with E-state index in [0.717, 1.165) is 21.7 Å². The molecule has 0 saturated carbocycles. The predicted octanol–water partition coefficient (Wildman–Crippen LogP) is 4.11. The van der Waals surface area contributed by atoms with Crippen LogP contribution in [0, 0.1) is 6.92 Å². The number of amides is 1. The minimum Gasteiger partial charge on any atom is -0.348 e. The maximum Gasteiger partial charge on any atom is 0.299 e. The molecule has 0 saturated heterocycles. The van der Waals surface area contributed by atoms with Crippen molar-refractivity contribution in [3.8, 4) is 11.3 Å². The van der Waals surface area contributed by atoms with Gasteiger partial charge in [-0.2, -0.15) is 0 Å². The maximum atomic E-state index is 12.7. The molecule has 0 bridgehead atoms. The average Bonchev–Trinajstić information content (AvgIpc) is 3.19. The maximum absolute atomic E-state index is 12.7. The van der Waals surface area contributed by atoms with E-state index in [9.17, 15) is 9.59 Å². The molecule has 4 rings (SSSR count). The summed E-state index contributed by atoms with van der Waals surface area (Å²) in [6, 6.07) is 15.4. The summed E-state index contributed by atoms with van der Waals surface area (Å²) in [6.07, 6.45) is 3.54. The van der Waals surface area contributed by atoms with E-state index < -0.39 is 0 Å². The monoisotopic (exact) mass is 420 g/mol. The Kier molecular flexibility index (Phi) is 5.67. The summed E-state index contributed by atoms with van der Waals surface area (Å²) in [4.78, 5) is 30.4. The molecule has 152 valence electrons. The SMILES string of the molecule is CSc1cccc(NC(=O)CCn2cnc3c(-c4ccc(C)cc4)noc3c2=O)c1. The predicted molar refractivity (Wildman–Crippen MR) is 118 cm³/mol. The molecule has 0 aliphatic heterocycles. The molecule has 2 aromatic heterocycles. The Morgan fingerprint density at radius 1 is 1.20 bits per heavy atom. The van der Waals surface area contributed by atoms with E-state index in [1.54, 1.807) is 11.8 Å². The van der Waals surface area contributed by atoms with Crippen molar-refractivity contribution in [2.75, 3.05) is 11.6 Å². The number of aromatic nitrogens is 3. The van der Waals surface area contributed by atoms with Gasteiger partial charge in [-0.25, -0.2) is 4.98 Å². The number of rotatable bonds is 6. The van der Waals surface area contributed by atoms with Crippen molar-refractivity contribution in [1.29, 1.82) is 0 Å². The van der Waals surface area contributed by atoms with Gasteiger partial charge >= 0.3 is 0 Å². The Hall–Kier alpha value is -3.39. The molecule has 0 spiro atoms. The third kappa shape index (κ3) is 4.13. The second kappa shape index (κ2) is 8.54. The van der Waals surface area contributed by atoms with Gasteiger partial charge in [0.05, 0.1) is 6.33 Å². The number of carbonyl (C=O) groups is 1. The van der Waals surface area contributed by atoms with Crippen molar-refractivity contribution in [2.24, 2.45) is 0 Å². The number of benzene rings is 2. The van der Waals surface area contributed by atoms with Crippen molar-refractivity contribution in [2.45, 2.75) is 24.8 Å². The van der Waals surface area contributed by atoms with E-state index in [2.05, 4.69) is 15.5 Å². The highest BCUT2D eigenvalue weighted by Gasteiger charge is 2.16. The third-order valence-corrected chi connectivity index (χ3v) is 5.43. The molecule has 0 aliphatic rings. The van der Waals surface area contributed by atoms with Gasteiger partial charge in [0.15, 0.2) is 0 Å². The van der Waals surface area contributed by atoms with Gasteiger partial charge in [-0.3, -0.25) is 14.2 Å². The lowest BCUT2D eigenvalue weighted by Gasteiger charge is -2.07. The molecule has 0 aliphatic carbocycles. The summed E-state index contributed by atoms with van der Waals surface area (Å²) < 4.78 is 6.65. The zero-order valence-corrected chi connectivity index (χ0v) is 17.4. The van der Waals surface area contributed by atoms with E-state index in [0.29, 0.717) is 11.2 Å². The highest BCUT2D eigenvalue weighted by Crippen LogP contribution is 2.24. The number of nitrogens with one attached hydrogen (secondary N) is 1. The Morgan fingerprint density at radius 2 is 2.00 bits per heavy atom. The Morgan fingerprint density at radius 3 is 2.77 bits per heavy atom. The standard InChI is InChI=1S/C22H20N4O3S/c1-14-6-8-15(9-7-14)19-20-21(29-25-19)22(28)26(13-23-20)11-10-18(27)24-16-4-3-5-17(12-16)30-2/h3-9,12-13H,10-11H2,1-2H3,(H,24,27). The van der Waals surface area contributed by atoms with Gasteiger partial charge in [0.1, 0.15) is 11.2 Å². The van der Waals surface area contributed by atoms with Gasteiger partial charge in [-0.1, -0.05) is 41.1 Å². The van der Waals surface area contributed by atoms with Gasteiger partial charge < -0.3 is 9.84 Å². The lowest BCUT2D eigenvalue weighted by atomic mass is 10.1. The Bertz CT molecular complexity index is 1260. The van der Waals surface area contributed by atoms with Crippen LogP contribution in [-0.4, -0.2) is 26.9 Å². The molecule has 2 heterocycles. The number of hydrogen-bond acceptors (Lipinski definition) is 6. The molecular formula is C22H20N4O3S. The average molecular weight is 420 g/mol. The molecule has 0 unspecified atom stereocenters. The number of anilines is 1. The first-order valence-electron chi connectivity index (χ1n) is 9.41. The number of fused-ring (bicyclic) bond motifs is 1. The third-order valence-electron chi connectivity index (χ3n) is 4.71. The van der Waals surface area contributed by atoms with Gasteiger partial charge in [0, 0.05) is 29.1 Å². The van der Waals surface area contributed by atoms with Crippen LogP contribution in [0.3, 0.4) is 0 Å². The Labute approximate surface area is 177 Å². The summed E-state index contributed by atoms with van der Waals surface area (Å²) in [5, 5.41) is 6.88. The van der Waals surface area contributed by atoms with E-state index in [4.69, 9.17) is 4.52 Å². The Balaban J connectivity index is 1.49. The van der Waals surface area contributed by atoms with Crippen LogP contribution in [0.25, 0.3) is 22.4 Å². The quantitative estimate of drug-likeness (QED) is 0.472. The van der Waals surface area contributed by atoms with Gasteiger partial charge in [-0.05, 0) is 31.4 Å². The van der Waals surface area contributed by atoms with Gasteiger partial charge in [0.25, 0.3) is 11.1 Å². The van der Waals surface area contributed by atoms with Crippen LogP contribution >= 0.6 is 11.8 Å². The highest BCUT2D eigenvalue weighted by atomic mass is 32.2. The van der Waals surface area contributed by atoms with E-state index in [-0.39, 0.29) is 30.0 Å². The summed E-state index contributed by atoms with van der Waals surface area (Å²) in [5.41, 5.74) is 3.35. The fraction of sp³-hybridized carbons (Fsp3) is 0.182. The zero-order chi connectivity index (χ0) is 21.1. The van der Waals surface area contributed by atoms with Crippen molar-refractivity contribution in [1.82, 2.24) is 14.7 Å². The smallest absolute Gasteiger partial charge is 0.299 e. The lowest BCUT2D eigenvalue weighted by Crippen LogP contribution is -2.23. The normalized spacial score (nSPS) is 11.0. The zero-order valence-electron chi connectivity index (χ0n) is 16.6. The first-order chi connectivity index (χ1) is 14.5. The van der Waals surface area contributed by atoms with Crippen LogP contribution in [0.4, 0.5) is 5.69 Å². The molecule has 0 fully saturated rings. The number of carbonyl (C=O) groups excluding carboxylic acids is 1. The summed E-state index contributed by atoms with van der Waals surface area (Å²) in [6.45, 7) is 2.19. The van der Waals surface area contributed by atoms with Crippen LogP contribution < -0.4 is 10.9 Å². The summed E-state index contributed by atoms with van der Waals surface area (Å²) in [7, 11) is 0. The largest absolute Gasteiger partial charge is 0.348 e. The van der Waals surface area contributed by atoms with Crippen LogP contribution in [0.15, 0.2) is 69.1 Å². The molecule has 4 aromatic rings. The van der Waals surface area contributed by atoms with E-state index >= 15 is 0 Å². The minimum absolute atomic E-state index is 0.0844. The van der Waals surface area contributed by atoms with Crippen molar-refractivity contribution in [3.05, 3.63) is 70.8 Å². The van der Waals surface area contributed by atoms with Crippen LogP contribution in [0.2, 0.25) is 0 Å². The molecule has 8 heteroatoms. The molecular weight excluding hydrogens is 400 g/mol. The second-order valence-corrected chi connectivity index (χ2v) is 7.73. The first-order valence-corrected chi connectivity index (χ1v) is 10.6.